The molecule has 26 heavy (non-hydrogen) atoms. The van der Waals surface area contributed by atoms with Gasteiger partial charge in [0, 0.05) is 18.4 Å². The molecule has 0 bridgehead atoms. The largest absolute Gasteiger partial charge is 0.479 e. The van der Waals surface area contributed by atoms with E-state index in [1.165, 1.54) is 12.1 Å². The maximum absolute atomic E-state index is 13.6. The standard InChI is InChI=1S/C18H22ClFN2O4/c1-10(21-17(24)11-4-2-3-5-11)8-15(23)22-16(18(25)26)12-6-7-13(19)14(20)9-12/h6-7,9-11,16H,2-5,8H2,1H3,(H,21,24)(H,22,23)(H,25,26). The van der Waals surface area contributed by atoms with E-state index < -0.39 is 29.8 Å². The molecule has 6 nitrogen and oxygen atoms in total. The second-order valence-electron chi connectivity index (χ2n) is 6.61. The van der Waals surface area contributed by atoms with Crippen LogP contribution in [0.2, 0.25) is 5.02 Å². The molecular weight excluding hydrogens is 363 g/mol. The molecule has 0 heterocycles. The van der Waals surface area contributed by atoms with Gasteiger partial charge >= 0.3 is 5.97 Å². The van der Waals surface area contributed by atoms with Crippen LogP contribution in [0.4, 0.5) is 4.39 Å². The molecule has 8 heteroatoms. The third kappa shape index (κ3) is 5.42. The van der Waals surface area contributed by atoms with Gasteiger partial charge < -0.3 is 15.7 Å². The molecule has 2 atom stereocenters. The number of carbonyl (C=O) groups is 3. The fourth-order valence-electron chi connectivity index (χ4n) is 3.08. The zero-order valence-electron chi connectivity index (χ0n) is 14.4. The molecule has 2 amide bonds. The smallest absolute Gasteiger partial charge is 0.330 e. The summed E-state index contributed by atoms with van der Waals surface area (Å²) >= 11 is 5.59. The van der Waals surface area contributed by atoms with E-state index in [-0.39, 0.29) is 28.8 Å². The first-order valence-electron chi connectivity index (χ1n) is 8.55. The minimum absolute atomic E-state index is 0.00989. The van der Waals surface area contributed by atoms with Crippen LogP contribution >= 0.6 is 11.6 Å². The van der Waals surface area contributed by atoms with Gasteiger partial charge in [-0.3, -0.25) is 9.59 Å². The zero-order chi connectivity index (χ0) is 19.3. The molecule has 0 aliphatic heterocycles. The lowest BCUT2D eigenvalue weighted by Gasteiger charge is -2.19. The number of hydrogen-bond donors (Lipinski definition) is 3. The fourth-order valence-corrected chi connectivity index (χ4v) is 3.19. The Kier molecular flexibility index (Phi) is 6.97. The van der Waals surface area contributed by atoms with Gasteiger partial charge in [0.2, 0.25) is 11.8 Å². The molecule has 142 valence electrons. The molecular formula is C18H22ClFN2O4. The maximum Gasteiger partial charge on any atom is 0.330 e. The van der Waals surface area contributed by atoms with Crippen LogP contribution in [0.25, 0.3) is 0 Å². The Hall–Kier alpha value is -2.15. The highest BCUT2D eigenvalue weighted by molar-refractivity contribution is 6.30. The van der Waals surface area contributed by atoms with Crippen LogP contribution in [0.15, 0.2) is 18.2 Å². The number of carboxylic acids is 1. The molecule has 3 N–H and O–H groups in total. The number of rotatable bonds is 7. The van der Waals surface area contributed by atoms with Crippen LogP contribution in [0, 0.1) is 11.7 Å². The van der Waals surface area contributed by atoms with E-state index in [9.17, 15) is 23.9 Å². The van der Waals surface area contributed by atoms with Crippen molar-refractivity contribution in [2.24, 2.45) is 5.92 Å². The van der Waals surface area contributed by atoms with E-state index in [0.29, 0.717) is 0 Å². The van der Waals surface area contributed by atoms with Gasteiger partial charge in [-0.05, 0) is 37.5 Å². The van der Waals surface area contributed by atoms with E-state index >= 15 is 0 Å². The molecule has 1 aromatic carbocycles. The van der Waals surface area contributed by atoms with Crippen LogP contribution in [-0.4, -0.2) is 28.9 Å². The topological polar surface area (TPSA) is 95.5 Å². The molecule has 0 saturated heterocycles. The van der Waals surface area contributed by atoms with Gasteiger partial charge in [-0.15, -0.1) is 0 Å². The van der Waals surface area contributed by atoms with Crippen LogP contribution < -0.4 is 10.6 Å². The number of carboxylic acid groups (broad SMARTS) is 1. The summed E-state index contributed by atoms with van der Waals surface area (Å²) in [6, 6.07) is 1.73. The molecule has 0 spiro atoms. The molecule has 1 aliphatic rings. The van der Waals surface area contributed by atoms with Crippen molar-refractivity contribution in [2.75, 3.05) is 0 Å². The average Bonchev–Trinajstić information content (AvgIpc) is 3.09. The third-order valence-electron chi connectivity index (χ3n) is 4.44. The molecule has 1 saturated carbocycles. The number of carbonyl (C=O) groups excluding carboxylic acids is 2. The number of hydrogen-bond acceptors (Lipinski definition) is 3. The Bertz CT molecular complexity index is 692. The zero-order valence-corrected chi connectivity index (χ0v) is 15.2. The molecule has 2 unspecified atom stereocenters. The fraction of sp³-hybridized carbons (Fsp3) is 0.500. The molecule has 2 rings (SSSR count). The van der Waals surface area contributed by atoms with Gasteiger partial charge in [0.05, 0.1) is 5.02 Å². The SMILES string of the molecule is CC(CC(=O)NC(C(=O)O)c1ccc(Cl)c(F)c1)NC(=O)C1CCCC1. The van der Waals surface area contributed by atoms with E-state index in [0.717, 1.165) is 31.7 Å². The highest BCUT2D eigenvalue weighted by Gasteiger charge is 2.26. The minimum Gasteiger partial charge on any atom is -0.479 e. The van der Waals surface area contributed by atoms with Crippen molar-refractivity contribution in [1.82, 2.24) is 10.6 Å². The summed E-state index contributed by atoms with van der Waals surface area (Å²) in [5.74, 6) is -2.71. The Morgan fingerprint density at radius 1 is 1.27 bits per heavy atom. The number of benzene rings is 1. The van der Waals surface area contributed by atoms with E-state index in [1.807, 2.05) is 0 Å². The second kappa shape index (κ2) is 8.98. The molecule has 1 aliphatic carbocycles. The first-order valence-corrected chi connectivity index (χ1v) is 8.93. The number of nitrogens with one attached hydrogen (secondary N) is 2. The Balaban J connectivity index is 1.93. The van der Waals surface area contributed by atoms with Gasteiger partial charge in [-0.2, -0.15) is 0 Å². The van der Waals surface area contributed by atoms with Crippen molar-refractivity contribution in [3.05, 3.63) is 34.6 Å². The van der Waals surface area contributed by atoms with E-state index in [4.69, 9.17) is 11.6 Å². The van der Waals surface area contributed by atoms with Crippen LogP contribution in [0.3, 0.4) is 0 Å². The maximum atomic E-state index is 13.6. The first kappa shape index (κ1) is 20.2. The molecule has 0 aromatic heterocycles. The van der Waals surface area contributed by atoms with Crippen molar-refractivity contribution >= 4 is 29.4 Å². The summed E-state index contributed by atoms with van der Waals surface area (Å²) in [5, 5.41) is 14.3. The highest BCUT2D eigenvalue weighted by Crippen LogP contribution is 2.25. The minimum atomic E-state index is -1.40. The Morgan fingerprint density at radius 3 is 2.50 bits per heavy atom. The highest BCUT2D eigenvalue weighted by atomic mass is 35.5. The number of aliphatic carboxylic acids is 1. The number of halogens is 2. The van der Waals surface area contributed by atoms with Crippen LogP contribution in [0.5, 0.6) is 0 Å². The summed E-state index contributed by atoms with van der Waals surface area (Å²) in [6.07, 6.45) is 3.70. The predicted molar refractivity (Wildman–Crippen MR) is 94.1 cm³/mol. The monoisotopic (exact) mass is 384 g/mol. The van der Waals surface area contributed by atoms with Crippen molar-refractivity contribution in [3.8, 4) is 0 Å². The van der Waals surface area contributed by atoms with Crippen molar-refractivity contribution < 1.29 is 23.9 Å². The Morgan fingerprint density at radius 2 is 1.92 bits per heavy atom. The van der Waals surface area contributed by atoms with Gasteiger partial charge in [0.15, 0.2) is 6.04 Å². The summed E-state index contributed by atoms with van der Waals surface area (Å²) in [6.45, 7) is 1.68. The van der Waals surface area contributed by atoms with Crippen molar-refractivity contribution in [1.29, 1.82) is 0 Å². The third-order valence-corrected chi connectivity index (χ3v) is 4.74. The average molecular weight is 385 g/mol. The van der Waals surface area contributed by atoms with Gasteiger partial charge in [-0.1, -0.05) is 30.5 Å². The first-order chi connectivity index (χ1) is 12.3. The lowest BCUT2D eigenvalue weighted by atomic mass is 10.1. The predicted octanol–water partition coefficient (Wildman–Crippen LogP) is 2.81. The quantitative estimate of drug-likeness (QED) is 0.673. The van der Waals surface area contributed by atoms with Crippen molar-refractivity contribution in [3.63, 3.8) is 0 Å². The molecule has 1 fully saturated rings. The van der Waals surface area contributed by atoms with Gasteiger partial charge in [0.1, 0.15) is 5.82 Å². The van der Waals surface area contributed by atoms with E-state index in [1.54, 1.807) is 6.92 Å². The van der Waals surface area contributed by atoms with Crippen molar-refractivity contribution in [2.45, 2.75) is 51.1 Å². The second-order valence-corrected chi connectivity index (χ2v) is 7.01. The summed E-state index contributed by atoms with van der Waals surface area (Å²) < 4.78 is 13.6. The Labute approximate surface area is 156 Å². The summed E-state index contributed by atoms with van der Waals surface area (Å²) in [7, 11) is 0. The molecule has 1 aromatic rings. The van der Waals surface area contributed by atoms with Gasteiger partial charge in [-0.25, -0.2) is 9.18 Å². The lowest BCUT2D eigenvalue weighted by molar-refractivity contribution is -0.142. The van der Waals surface area contributed by atoms with Crippen LogP contribution in [0.1, 0.15) is 50.6 Å². The molecule has 0 radical (unpaired) electrons. The number of amides is 2. The summed E-state index contributed by atoms with van der Waals surface area (Å²) in [5.41, 5.74) is 0.0791. The lowest BCUT2D eigenvalue weighted by Crippen LogP contribution is -2.41. The normalized spacial score (nSPS) is 16.7. The summed E-state index contributed by atoms with van der Waals surface area (Å²) in [4.78, 5) is 35.6. The van der Waals surface area contributed by atoms with Crippen LogP contribution in [-0.2, 0) is 14.4 Å². The van der Waals surface area contributed by atoms with Gasteiger partial charge in [0.25, 0.3) is 0 Å². The van der Waals surface area contributed by atoms with E-state index in [2.05, 4.69) is 10.6 Å².